The number of ether oxygens (including phenoxy) is 1. The number of amides is 1. The molecule has 1 saturated heterocycles. The Morgan fingerprint density at radius 3 is 2.76 bits per heavy atom. The Kier molecular flexibility index (Phi) is 4.25. The molecule has 9 heteroatoms. The maximum absolute atomic E-state index is 12.5. The van der Waals surface area contributed by atoms with Crippen LogP contribution in [0.1, 0.15) is 18.5 Å². The molecule has 0 aromatic heterocycles. The van der Waals surface area contributed by atoms with Gasteiger partial charge >= 0.3 is 0 Å². The van der Waals surface area contributed by atoms with Crippen LogP contribution in [0.5, 0.6) is 11.5 Å². The summed E-state index contributed by atoms with van der Waals surface area (Å²) in [6, 6.07) is 11.9. The first-order chi connectivity index (χ1) is 14.1. The molecule has 0 bridgehead atoms. The van der Waals surface area contributed by atoms with Crippen LogP contribution in [0.3, 0.4) is 0 Å². The summed E-state index contributed by atoms with van der Waals surface area (Å²) in [5.41, 5.74) is 2.29. The van der Waals surface area contributed by atoms with Gasteiger partial charge in [-0.1, -0.05) is 23.5 Å². The lowest BCUT2D eigenvalue weighted by Gasteiger charge is -2.42. The normalized spacial score (nSPS) is 19.0. The molecule has 7 nitrogen and oxygen atoms in total. The highest BCUT2D eigenvalue weighted by molar-refractivity contribution is 7.18. The van der Waals surface area contributed by atoms with Gasteiger partial charge in [0, 0.05) is 5.39 Å². The van der Waals surface area contributed by atoms with E-state index in [1.54, 1.807) is 24.3 Å². The van der Waals surface area contributed by atoms with E-state index in [1.165, 1.54) is 16.2 Å². The van der Waals surface area contributed by atoms with Crippen molar-refractivity contribution in [3.8, 4) is 22.2 Å². The van der Waals surface area contributed by atoms with Gasteiger partial charge in [0.2, 0.25) is 11.0 Å². The zero-order valence-corrected chi connectivity index (χ0v) is 16.8. The highest BCUT2D eigenvalue weighted by Gasteiger charge is 2.49. The summed E-state index contributed by atoms with van der Waals surface area (Å²) in [6.07, 6.45) is 0. The summed E-state index contributed by atoms with van der Waals surface area (Å²) >= 11 is 7.58. The smallest absolute Gasteiger partial charge is 0.250 e. The predicted octanol–water partition coefficient (Wildman–Crippen LogP) is 3.99. The number of nitrogens with zero attached hydrogens (tertiary/aromatic N) is 4. The summed E-state index contributed by atoms with van der Waals surface area (Å²) in [5, 5.41) is 19.4. The van der Waals surface area contributed by atoms with Crippen LogP contribution in [-0.2, 0) is 4.79 Å². The summed E-state index contributed by atoms with van der Waals surface area (Å²) in [7, 11) is 0. The van der Waals surface area contributed by atoms with Gasteiger partial charge in [-0.05, 0) is 42.8 Å². The topological polar surface area (TPSA) is 88.4 Å². The Labute approximate surface area is 174 Å². The highest BCUT2D eigenvalue weighted by Crippen LogP contribution is 2.45. The highest BCUT2D eigenvalue weighted by atomic mass is 35.5. The molecule has 2 aromatic rings. The van der Waals surface area contributed by atoms with E-state index in [-0.39, 0.29) is 17.7 Å². The number of β-lactam (4-membered cyclic amide) rings is 1. The van der Waals surface area contributed by atoms with Gasteiger partial charge in [0.05, 0.1) is 18.2 Å². The Morgan fingerprint density at radius 2 is 2.00 bits per heavy atom. The second-order valence-corrected chi connectivity index (χ2v) is 8.03. The summed E-state index contributed by atoms with van der Waals surface area (Å²) in [5.74, 6) is 0.671. The molecule has 29 heavy (non-hydrogen) atoms. The zero-order valence-electron chi connectivity index (χ0n) is 15.2. The first-order valence-corrected chi connectivity index (χ1v) is 10.3. The molecule has 3 aliphatic rings. The van der Waals surface area contributed by atoms with E-state index in [4.69, 9.17) is 16.3 Å². The van der Waals surface area contributed by atoms with Gasteiger partial charge in [-0.25, -0.2) is 4.98 Å². The van der Waals surface area contributed by atoms with Crippen molar-refractivity contribution in [3.63, 3.8) is 0 Å². The van der Waals surface area contributed by atoms with Crippen molar-refractivity contribution in [2.45, 2.75) is 18.3 Å². The van der Waals surface area contributed by atoms with Crippen LogP contribution in [0.2, 0.25) is 0 Å². The largest absolute Gasteiger partial charge is 0.508 e. The Morgan fingerprint density at radius 1 is 1.21 bits per heavy atom. The maximum atomic E-state index is 12.5. The minimum absolute atomic E-state index is 0.153. The fraction of sp³-hybridized carbons (Fsp3) is 0.200. The molecule has 1 fully saturated rings. The van der Waals surface area contributed by atoms with Crippen LogP contribution in [0, 0.1) is 0 Å². The minimum atomic E-state index is -0.690. The van der Waals surface area contributed by atoms with Crippen LogP contribution >= 0.6 is 22.9 Å². The third-order valence-electron chi connectivity index (χ3n) is 4.85. The van der Waals surface area contributed by atoms with E-state index in [2.05, 4.69) is 15.2 Å². The first kappa shape index (κ1) is 18.1. The lowest BCUT2D eigenvalue weighted by molar-refractivity contribution is -0.123. The molecule has 0 radical (unpaired) electrons. The van der Waals surface area contributed by atoms with Crippen LogP contribution in [0.25, 0.3) is 21.6 Å². The number of phenolic OH excluding ortho intramolecular Hbond substituents is 1. The van der Waals surface area contributed by atoms with E-state index < -0.39 is 5.38 Å². The fourth-order valence-electron chi connectivity index (χ4n) is 3.46. The lowest BCUT2D eigenvalue weighted by Crippen LogP contribution is -2.56. The molecule has 5 rings (SSSR count). The van der Waals surface area contributed by atoms with Gasteiger partial charge in [-0.15, -0.1) is 21.8 Å². The molecular weight excluding hydrogens is 412 g/mol. The number of rotatable bonds is 4. The fourth-order valence-corrected chi connectivity index (χ4v) is 4.77. The summed E-state index contributed by atoms with van der Waals surface area (Å²) in [4.78, 5) is 18.6. The monoisotopic (exact) mass is 426 g/mol. The number of phenols is 1. The summed E-state index contributed by atoms with van der Waals surface area (Å²) in [6.45, 7) is 2.50. The minimum Gasteiger partial charge on any atom is -0.508 e. The molecule has 3 heterocycles. The number of anilines is 1. The number of alkyl halides is 1. The third kappa shape index (κ3) is 2.87. The van der Waals surface area contributed by atoms with Crippen LogP contribution in [0.4, 0.5) is 5.13 Å². The van der Waals surface area contributed by atoms with Crippen molar-refractivity contribution in [2.75, 3.05) is 11.5 Å². The van der Waals surface area contributed by atoms with Crippen molar-refractivity contribution in [1.29, 1.82) is 0 Å². The molecule has 3 aliphatic heterocycles. The molecule has 0 aliphatic carbocycles. The molecule has 1 N–H and O–H groups in total. The molecule has 2 aromatic carbocycles. The second-order valence-electron chi connectivity index (χ2n) is 6.61. The van der Waals surface area contributed by atoms with E-state index in [9.17, 15) is 9.90 Å². The van der Waals surface area contributed by atoms with Crippen molar-refractivity contribution in [1.82, 2.24) is 15.2 Å². The molecule has 1 amide bonds. The van der Waals surface area contributed by atoms with Crippen LogP contribution in [-0.4, -0.2) is 38.2 Å². The van der Waals surface area contributed by atoms with Crippen LogP contribution < -0.4 is 9.64 Å². The van der Waals surface area contributed by atoms with Gasteiger partial charge in [-0.3, -0.25) is 9.69 Å². The Hall–Kier alpha value is -2.97. The number of hydrogen-bond donors (Lipinski definition) is 1. The number of halogens is 1. The molecule has 2 atom stereocenters. The molecule has 0 spiro atoms. The summed E-state index contributed by atoms with van der Waals surface area (Å²) < 4.78 is 5.56. The maximum Gasteiger partial charge on any atom is 0.250 e. The van der Waals surface area contributed by atoms with E-state index >= 15 is 0 Å². The quantitative estimate of drug-likeness (QED) is 0.392. The van der Waals surface area contributed by atoms with Crippen molar-refractivity contribution < 1.29 is 14.6 Å². The number of fused-ring (bicyclic) bond motifs is 3. The van der Waals surface area contributed by atoms with Crippen LogP contribution in [0.15, 0.2) is 42.5 Å². The van der Waals surface area contributed by atoms with Gasteiger partial charge in [0.1, 0.15) is 27.6 Å². The van der Waals surface area contributed by atoms with Crippen molar-refractivity contribution in [3.05, 3.63) is 48.0 Å². The molecule has 146 valence electrons. The van der Waals surface area contributed by atoms with Gasteiger partial charge in [0.15, 0.2) is 0 Å². The lowest BCUT2D eigenvalue weighted by atomic mass is 9.94. The number of aromatic hydroxyl groups is 1. The zero-order chi connectivity index (χ0) is 20.1. The van der Waals surface area contributed by atoms with Gasteiger partial charge < -0.3 is 9.84 Å². The van der Waals surface area contributed by atoms with Crippen molar-refractivity contribution in [2.24, 2.45) is 0 Å². The third-order valence-corrected chi connectivity index (χ3v) is 6.22. The average Bonchev–Trinajstić information content (AvgIpc) is 3.09. The first-order valence-electron chi connectivity index (χ1n) is 9.02. The van der Waals surface area contributed by atoms with E-state index in [0.717, 1.165) is 22.2 Å². The number of hydrogen-bond acceptors (Lipinski definition) is 7. The van der Waals surface area contributed by atoms with E-state index in [1.807, 2.05) is 25.1 Å². The molecular formula is C20H15ClN4O3S. The van der Waals surface area contributed by atoms with Gasteiger partial charge in [0.25, 0.3) is 0 Å². The Balaban J connectivity index is 1.55. The SMILES string of the molecule is CCOc1ccc2nc3sc(N4C(=O)C(Cl)C4c4ccc(O)cc4)nnc-3c2c1. The van der Waals surface area contributed by atoms with E-state index in [0.29, 0.717) is 22.4 Å². The van der Waals surface area contributed by atoms with Gasteiger partial charge in [-0.2, -0.15) is 0 Å². The number of carbonyl (C=O) groups excluding carboxylic acids is 1. The van der Waals surface area contributed by atoms with Crippen molar-refractivity contribution >= 4 is 44.9 Å². The standard InChI is InChI=1S/C20H15ClN4O3S/c1-2-28-12-7-8-14-13(9-12)16-18(22-14)29-20(24-23-16)25-17(15(21)19(25)27)10-3-5-11(26)6-4-10/h3-9,15,17,26H,2H2,1H3. The average molecular weight is 427 g/mol. The number of carbonyl (C=O) groups is 1. The predicted molar refractivity (Wildman–Crippen MR) is 111 cm³/mol. The molecule has 2 unspecified atom stereocenters. The Bertz CT molecular complexity index is 1200. The number of benzene rings is 2. The number of aromatic nitrogens is 3. The molecule has 0 saturated carbocycles. The second kappa shape index (κ2) is 6.82.